The van der Waals surface area contributed by atoms with E-state index in [-0.39, 0.29) is 0 Å². The molecule has 0 saturated heterocycles. The van der Waals surface area contributed by atoms with E-state index in [4.69, 9.17) is 41.6 Å². The summed E-state index contributed by atoms with van der Waals surface area (Å²) in [6.45, 7) is 26.4. The van der Waals surface area contributed by atoms with Gasteiger partial charge >= 0.3 is 0 Å². The lowest BCUT2D eigenvalue weighted by atomic mass is 10.0. The molecule has 298 valence electrons. The van der Waals surface area contributed by atoms with Crippen molar-refractivity contribution >= 4 is 22.5 Å². The predicted octanol–water partition coefficient (Wildman–Crippen LogP) is 11.4. The largest absolute Gasteiger partial charge is 0.501 e. The summed E-state index contributed by atoms with van der Waals surface area (Å²) in [7, 11) is 3.16. The van der Waals surface area contributed by atoms with E-state index in [1.54, 1.807) is 136 Å². The smallest absolute Gasteiger partial charge is 0.212 e. The van der Waals surface area contributed by atoms with E-state index in [0.29, 0.717) is 94.2 Å². The third kappa shape index (κ3) is 15.3. The van der Waals surface area contributed by atoms with Crippen molar-refractivity contribution in [2.75, 3.05) is 40.6 Å². The van der Waals surface area contributed by atoms with Gasteiger partial charge in [-0.1, -0.05) is 73.3 Å². The Morgan fingerprint density at radius 1 is 0.593 bits per heavy atom. The topological polar surface area (TPSA) is 112 Å². The van der Waals surface area contributed by atoms with E-state index >= 15 is 0 Å². The van der Waals surface area contributed by atoms with Gasteiger partial charge in [0.25, 0.3) is 0 Å². The Balaban J connectivity index is 0.000000316. The molecule has 10 heteroatoms. The second-order valence-electron chi connectivity index (χ2n) is 12.3. The van der Waals surface area contributed by atoms with Crippen LogP contribution in [-0.4, -0.2) is 40.6 Å². The quantitative estimate of drug-likeness (QED) is 0.0217. The molecule has 0 aromatic heterocycles. The standard InChI is InChI=1S/C25H24N2O3.C24H22N2O3/c1-19(2)14-17-29-15-5-16-30-23-12-6-20(7-13-23)24(18-26)25(27-3)21-8-10-22(28-4)11-9-21;1-4-5-15-28-16-6-17-29-22-13-7-19(8-14-22)23(18-25)24(26-2)20-9-11-21(27-3)12-10-20/h6-14,17H,1,5,15-16H2,2,4H3;4-5,7-15H,1,6,16-17H2,3H3/b17-14?,25-24-;15-5?,24-23-. The number of hydrogen-bond donors (Lipinski definition) is 0. The molecule has 0 saturated carbocycles. The molecule has 4 aromatic carbocycles. The van der Waals surface area contributed by atoms with Crippen LogP contribution in [0.1, 0.15) is 42.0 Å². The fourth-order valence-electron chi connectivity index (χ4n) is 5.05. The van der Waals surface area contributed by atoms with Crippen LogP contribution >= 0.6 is 0 Å². The molecule has 0 radical (unpaired) electrons. The van der Waals surface area contributed by atoms with E-state index in [2.05, 4.69) is 35.0 Å². The SMILES string of the molecule is [C-]#[N+]/C(=C(/C#N)c1ccc(OCCCOC=CC(=C)C)cc1)c1ccc(OC)cc1.[C-]#[N+]/C(=C(/C#N)c1ccc(OCCCOC=CC=C)cc1)c1ccc(OC)cc1. The van der Waals surface area contributed by atoms with E-state index in [1.165, 1.54) is 0 Å². The van der Waals surface area contributed by atoms with Gasteiger partial charge in [-0.25, -0.2) is 9.69 Å². The van der Waals surface area contributed by atoms with Gasteiger partial charge in [0.2, 0.25) is 11.4 Å². The summed E-state index contributed by atoms with van der Waals surface area (Å²) in [5, 5.41) is 19.3. The zero-order valence-corrected chi connectivity index (χ0v) is 33.5. The molecule has 0 atom stereocenters. The number of nitriles is 2. The minimum atomic E-state index is 0.300. The fourth-order valence-corrected chi connectivity index (χ4v) is 5.05. The number of nitrogens with zero attached hydrogens (tertiary/aromatic N) is 4. The van der Waals surface area contributed by atoms with Crippen molar-refractivity contribution in [3.05, 3.63) is 192 Å². The third-order valence-corrected chi connectivity index (χ3v) is 8.04. The van der Waals surface area contributed by atoms with Crippen LogP contribution in [0, 0.1) is 35.8 Å². The molecule has 4 aromatic rings. The van der Waals surface area contributed by atoms with Crippen LogP contribution in [0.5, 0.6) is 23.0 Å². The number of allylic oxidation sites excluding steroid dienone is 6. The van der Waals surface area contributed by atoms with E-state index in [9.17, 15) is 10.5 Å². The minimum absolute atomic E-state index is 0.300. The maximum Gasteiger partial charge on any atom is 0.212 e. The van der Waals surface area contributed by atoms with Gasteiger partial charge in [-0.3, -0.25) is 0 Å². The molecule has 0 aliphatic heterocycles. The van der Waals surface area contributed by atoms with Crippen molar-refractivity contribution in [1.29, 1.82) is 10.5 Å². The number of hydrogen-bond acceptors (Lipinski definition) is 8. The first-order valence-corrected chi connectivity index (χ1v) is 18.4. The molecule has 0 aliphatic rings. The molecular formula is C49H46N4O6. The van der Waals surface area contributed by atoms with Crippen LogP contribution in [0.2, 0.25) is 0 Å². The molecule has 0 fully saturated rings. The predicted molar refractivity (Wildman–Crippen MR) is 232 cm³/mol. The maximum absolute atomic E-state index is 9.66. The number of benzene rings is 4. The minimum Gasteiger partial charge on any atom is -0.501 e. The van der Waals surface area contributed by atoms with Crippen molar-refractivity contribution in [3.8, 4) is 35.1 Å². The second-order valence-corrected chi connectivity index (χ2v) is 12.3. The Morgan fingerprint density at radius 2 is 0.966 bits per heavy atom. The van der Waals surface area contributed by atoms with Gasteiger partial charge in [-0.2, -0.15) is 10.5 Å². The molecule has 4 rings (SSSR count). The highest BCUT2D eigenvalue weighted by atomic mass is 16.5. The second kappa shape index (κ2) is 26.0. The Hall–Kier alpha value is -7.92. The first kappa shape index (κ1) is 45.5. The van der Waals surface area contributed by atoms with Gasteiger partial charge in [-0.05, 0) is 89.9 Å². The summed E-state index contributed by atoms with van der Waals surface area (Å²) < 4.78 is 32.3. The van der Waals surface area contributed by atoms with Crippen molar-refractivity contribution in [1.82, 2.24) is 0 Å². The van der Waals surface area contributed by atoms with Crippen LogP contribution in [0.25, 0.3) is 32.2 Å². The summed E-state index contributed by atoms with van der Waals surface area (Å²) in [6.07, 6.45) is 9.89. The molecule has 0 N–H and O–H groups in total. The first-order valence-electron chi connectivity index (χ1n) is 18.4. The molecule has 0 bridgehead atoms. The molecular weight excluding hydrogens is 741 g/mol. The van der Waals surface area contributed by atoms with E-state index in [1.807, 2.05) is 13.0 Å². The summed E-state index contributed by atoms with van der Waals surface area (Å²) in [5.74, 6) is 2.78. The normalized spacial score (nSPS) is 11.2. The third-order valence-electron chi connectivity index (χ3n) is 8.04. The summed E-state index contributed by atoms with van der Waals surface area (Å²) >= 11 is 0. The lowest BCUT2D eigenvalue weighted by molar-refractivity contribution is 0.208. The highest BCUT2D eigenvalue weighted by molar-refractivity contribution is 6.00. The van der Waals surface area contributed by atoms with Gasteiger partial charge < -0.3 is 28.4 Å². The Kier molecular flexibility index (Phi) is 20.1. The van der Waals surface area contributed by atoms with Gasteiger partial charge in [-0.15, -0.1) is 0 Å². The van der Waals surface area contributed by atoms with Crippen molar-refractivity contribution in [2.45, 2.75) is 19.8 Å². The van der Waals surface area contributed by atoms with Crippen LogP contribution in [0.3, 0.4) is 0 Å². The zero-order chi connectivity index (χ0) is 42.7. The molecule has 0 aliphatic carbocycles. The van der Waals surface area contributed by atoms with Crippen LogP contribution in [0.4, 0.5) is 0 Å². The highest BCUT2D eigenvalue weighted by Gasteiger charge is 2.14. The Labute approximate surface area is 347 Å². The molecule has 59 heavy (non-hydrogen) atoms. The highest BCUT2D eigenvalue weighted by Crippen LogP contribution is 2.31. The van der Waals surface area contributed by atoms with Crippen molar-refractivity contribution in [2.24, 2.45) is 0 Å². The van der Waals surface area contributed by atoms with Crippen LogP contribution < -0.4 is 18.9 Å². The van der Waals surface area contributed by atoms with Crippen LogP contribution in [0.15, 0.2) is 147 Å². The molecule has 0 amide bonds. The molecule has 0 heterocycles. The van der Waals surface area contributed by atoms with Crippen molar-refractivity contribution < 1.29 is 28.4 Å². The monoisotopic (exact) mass is 786 g/mol. The fraction of sp³-hybridized carbons (Fsp3) is 0.184. The Bertz CT molecular complexity index is 2260. The Morgan fingerprint density at radius 3 is 1.31 bits per heavy atom. The van der Waals surface area contributed by atoms with Crippen molar-refractivity contribution in [3.63, 3.8) is 0 Å². The number of ether oxygens (including phenoxy) is 6. The van der Waals surface area contributed by atoms with Gasteiger partial charge in [0.05, 0.1) is 89.6 Å². The average Bonchev–Trinajstić information content (AvgIpc) is 3.27. The average molecular weight is 787 g/mol. The molecule has 0 spiro atoms. The first-order chi connectivity index (χ1) is 28.8. The van der Waals surface area contributed by atoms with E-state index < -0.39 is 0 Å². The summed E-state index contributed by atoms with van der Waals surface area (Å²) in [4.78, 5) is 7.17. The molecule has 0 unspecified atom stereocenters. The number of methoxy groups -OCH3 is 2. The lowest BCUT2D eigenvalue weighted by Gasteiger charge is -2.09. The van der Waals surface area contributed by atoms with E-state index in [0.717, 1.165) is 18.4 Å². The maximum atomic E-state index is 9.66. The summed E-state index contributed by atoms with van der Waals surface area (Å²) in [6, 6.07) is 32.8. The number of rotatable bonds is 20. The van der Waals surface area contributed by atoms with Crippen LogP contribution in [-0.2, 0) is 9.47 Å². The van der Waals surface area contributed by atoms with Gasteiger partial charge in [0.15, 0.2) is 0 Å². The van der Waals surface area contributed by atoms with Gasteiger partial charge in [0, 0.05) is 12.8 Å². The summed E-state index contributed by atoms with van der Waals surface area (Å²) in [5.41, 5.74) is 4.84. The van der Waals surface area contributed by atoms with Gasteiger partial charge in [0.1, 0.15) is 23.0 Å². The zero-order valence-electron chi connectivity index (χ0n) is 33.5. The molecule has 10 nitrogen and oxygen atoms in total. The lowest BCUT2D eigenvalue weighted by Crippen LogP contribution is -2.01.